The van der Waals surface area contributed by atoms with Crippen molar-refractivity contribution in [3.8, 4) is 0 Å². The second-order valence-corrected chi connectivity index (χ2v) is 5.01. The Balaban J connectivity index is 1.76. The lowest BCUT2D eigenvalue weighted by Gasteiger charge is -2.29. The van der Waals surface area contributed by atoms with Crippen LogP contribution in [0.2, 0.25) is 0 Å². The largest absolute Gasteiger partial charge is 0.358 e. The average molecular weight is 246 g/mol. The van der Waals surface area contributed by atoms with Gasteiger partial charge >= 0.3 is 0 Å². The van der Waals surface area contributed by atoms with Crippen molar-refractivity contribution in [2.75, 3.05) is 13.6 Å². The van der Waals surface area contributed by atoms with Crippen molar-refractivity contribution >= 4 is 5.91 Å². The van der Waals surface area contributed by atoms with Crippen LogP contribution in [-0.4, -0.2) is 25.5 Å². The number of rotatable bonds is 4. The van der Waals surface area contributed by atoms with Crippen LogP contribution in [0.15, 0.2) is 30.3 Å². The Kier molecular flexibility index (Phi) is 4.76. The molecule has 0 aliphatic heterocycles. The zero-order chi connectivity index (χ0) is 12.8. The van der Waals surface area contributed by atoms with Crippen LogP contribution in [0.25, 0.3) is 0 Å². The van der Waals surface area contributed by atoms with Crippen LogP contribution in [0, 0.1) is 0 Å². The first-order chi connectivity index (χ1) is 8.79. The normalized spacial score (nSPS) is 23.6. The summed E-state index contributed by atoms with van der Waals surface area (Å²) in [5, 5.41) is 5.97. The van der Waals surface area contributed by atoms with Gasteiger partial charge in [-0.3, -0.25) is 4.79 Å². The summed E-state index contributed by atoms with van der Waals surface area (Å²) in [5.41, 5.74) is 1.46. The second-order valence-electron chi connectivity index (χ2n) is 5.01. The van der Waals surface area contributed by atoms with Crippen molar-refractivity contribution < 1.29 is 4.79 Å². The number of benzene rings is 1. The molecule has 1 fully saturated rings. The molecule has 0 spiro atoms. The quantitative estimate of drug-likeness (QED) is 0.853. The lowest BCUT2D eigenvalue weighted by molar-refractivity contribution is -0.119. The van der Waals surface area contributed by atoms with Gasteiger partial charge in [-0.05, 0) is 37.2 Å². The van der Waals surface area contributed by atoms with E-state index >= 15 is 0 Å². The molecule has 0 bridgehead atoms. The summed E-state index contributed by atoms with van der Waals surface area (Å²) in [6, 6.07) is 11.3. The monoisotopic (exact) mass is 246 g/mol. The molecule has 1 amide bonds. The topological polar surface area (TPSA) is 41.1 Å². The van der Waals surface area contributed by atoms with E-state index in [1.807, 2.05) is 0 Å². The van der Waals surface area contributed by atoms with Crippen molar-refractivity contribution in [3.05, 3.63) is 35.9 Å². The smallest absolute Gasteiger partial charge is 0.233 e. The summed E-state index contributed by atoms with van der Waals surface area (Å²) in [6.07, 6.45) is 4.76. The molecule has 0 saturated heterocycles. The van der Waals surface area contributed by atoms with Crippen LogP contribution in [0.5, 0.6) is 0 Å². The maximum Gasteiger partial charge on any atom is 0.233 e. The molecule has 2 N–H and O–H groups in total. The van der Waals surface area contributed by atoms with E-state index in [9.17, 15) is 4.79 Å². The predicted molar refractivity (Wildman–Crippen MR) is 73.5 cm³/mol. The van der Waals surface area contributed by atoms with Crippen molar-refractivity contribution in [2.45, 2.75) is 37.6 Å². The zero-order valence-electron chi connectivity index (χ0n) is 11.0. The van der Waals surface area contributed by atoms with Gasteiger partial charge in [-0.2, -0.15) is 0 Å². The Morgan fingerprint density at radius 3 is 2.44 bits per heavy atom. The molecule has 0 atom stereocenters. The summed E-state index contributed by atoms with van der Waals surface area (Å²) in [7, 11) is 1.68. The van der Waals surface area contributed by atoms with Crippen LogP contribution < -0.4 is 10.6 Å². The SMILES string of the molecule is CNC(=O)CNC1CCC(c2ccccc2)CC1. The molecule has 1 aliphatic carbocycles. The van der Waals surface area contributed by atoms with E-state index in [0.717, 1.165) is 12.8 Å². The molecule has 1 aliphatic rings. The van der Waals surface area contributed by atoms with Crippen LogP contribution in [-0.2, 0) is 4.79 Å². The Labute approximate surface area is 109 Å². The van der Waals surface area contributed by atoms with Crippen molar-refractivity contribution in [2.24, 2.45) is 0 Å². The van der Waals surface area contributed by atoms with Crippen molar-refractivity contribution in [1.82, 2.24) is 10.6 Å². The summed E-state index contributed by atoms with van der Waals surface area (Å²) in [4.78, 5) is 11.2. The Hall–Kier alpha value is -1.35. The van der Waals surface area contributed by atoms with Gasteiger partial charge in [0.15, 0.2) is 0 Å². The molecular formula is C15H22N2O. The standard InChI is InChI=1S/C15H22N2O/c1-16-15(18)11-17-14-9-7-13(8-10-14)12-5-3-2-4-6-12/h2-6,13-14,17H,7-11H2,1H3,(H,16,18). The molecule has 98 valence electrons. The Morgan fingerprint density at radius 2 is 1.83 bits per heavy atom. The van der Waals surface area contributed by atoms with Crippen LogP contribution in [0.3, 0.4) is 0 Å². The number of likely N-dealkylation sites (N-methyl/N-ethyl adjacent to an activating group) is 1. The van der Waals surface area contributed by atoms with Gasteiger partial charge in [0.2, 0.25) is 5.91 Å². The van der Waals surface area contributed by atoms with E-state index in [1.54, 1.807) is 7.05 Å². The van der Waals surface area contributed by atoms with Gasteiger partial charge in [0.05, 0.1) is 6.54 Å². The summed E-state index contributed by atoms with van der Waals surface area (Å²) in [6.45, 7) is 0.442. The van der Waals surface area contributed by atoms with Crippen molar-refractivity contribution in [3.63, 3.8) is 0 Å². The number of hydrogen-bond acceptors (Lipinski definition) is 2. The highest BCUT2D eigenvalue weighted by atomic mass is 16.1. The molecule has 1 aromatic carbocycles. The lowest BCUT2D eigenvalue weighted by atomic mass is 9.82. The van der Waals surface area contributed by atoms with E-state index in [2.05, 4.69) is 41.0 Å². The minimum absolute atomic E-state index is 0.0696. The van der Waals surface area contributed by atoms with Gasteiger partial charge in [0.25, 0.3) is 0 Å². The highest BCUT2D eigenvalue weighted by Crippen LogP contribution is 2.32. The molecular weight excluding hydrogens is 224 g/mol. The summed E-state index contributed by atoms with van der Waals surface area (Å²) < 4.78 is 0. The molecule has 0 aromatic heterocycles. The fourth-order valence-corrected chi connectivity index (χ4v) is 2.68. The fourth-order valence-electron chi connectivity index (χ4n) is 2.68. The number of nitrogens with one attached hydrogen (secondary N) is 2. The highest BCUT2D eigenvalue weighted by molar-refractivity contribution is 5.77. The van der Waals surface area contributed by atoms with E-state index < -0.39 is 0 Å². The molecule has 3 heteroatoms. The van der Waals surface area contributed by atoms with Gasteiger partial charge in [-0.1, -0.05) is 30.3 Å². The van der Waals surface area contributed by atoms with Gasteiger partial charge in [0.1, 0.15) is 0 Å². The van der Waals surface area contributed by atoms with E-state index in [-0.39, 0.29) is 5.91 Å². The van der Waals surface area contributed by atoms with E-state index in [1.165, 1.54) is 18.4 Å². The number of hydrogen-bond donors (Lipinski definition) is 2. The first kappa shape index (κ1) is 13.1. The van der Waals surface area contributed by atoms with Crippen molar-refractivity contribution in [1.29, 1.82) is 0 Å². The molecule has 18 heavy (non-hydrogen) atoms. The second kappa shape index (κ2) is 6.55. The van der Waals surface area contributed by atoms with Gasteiger partial charge < -0.3 is 10.6 Å². The molecule has 1 saturated carbocycles. The lowest BCUT2D eigenvalue weighted by Crippen LogP contribution is -2.39. The third-order valence-electron chi connectivity index (χ3n) is 3.83. The first-order valence-electron chi connectivity index (χ1n) is 6.78. The number of carbonyl (C=O) groups excluding carboxylic acids is 1. The minimum atomic E-state index is 0.0696. The van der Waals surface area contributed by atoms with Gasteiger partial charge in [-0.15, -0.1) is 0 Å². The molecule has 2 rings (SSSR count). The van der Waals surface area contributed by atoms with E-state index in [4.69, 9.17) is 0 Å². The minimum Gasteiger partial charge on any atom is -0.358 e. The Bertz CT molecular complexity index is 369. The molecule has 3 nitrogen and oxygen atoms in total. The van der Waals surface area contributed by atoms with Crippen LogP contribution >= 0.6 is 0 Å². The van der Waals surface area contributed by atoms with E-state index in [0.29, 0.717) is 18.5 Å². The Morgan fingerprint density at radius 1 is 1.17 bits per heavy atom. The first-order valence-corrected chi connectivity index (χ1v) is 6.78. The fraction of sp³-hybridized carbons (Fsp3) is 0.533. The predicted octanol–water partition coefficient (Wildman–Crippen LogP) is 2.05. The van der Waals surface area contributed by atoms with Crippen LogP contribution in [0.1, 0.15) is 37.2 Å². The summed E-state index contributed by atoms with van der Waals surface area (Å²) in [5.74, 6) is 0.768. The zero-order valence-corrected chi connectivity index (χ0v) is 11.0. The molecule has 1 aromatic rings. The highest BCUT2D eigenvalue weighted by Gasteiger charge is 2.22. The third kappa shape index (κ3) is 3.57. The number of amides is 1. The molecule has 0 heterocycles. The van der Waals surface area contributed by atoms with Gasteiger partial charge in [0, 0.05) is 13.1 Å². The summed E-state index contributed by atoms with van der Waals surface area (Å²) >= 11 is 0. The van der Waals surface area contributed by atoms with Crippen LogP contribution in [0.4, 0.5) is 0 Å². The number of carbonyl (C=O) groups is 1. The maximum atomic E-state index is 11.2. The van der Waals surface area contributed by atoms with Gasteiger partial charge in [-0.25, -0.2) is 0 Å². The maximum absolute atomic E-state index is 11.2. The molecule has 0 radical (unpaired) electrons. The average Bonchev–Trinajstić information content (AvgIpc) is 2.46. The molecule has 0 unspecified atom stereocenters. The third-order valence-corrected chi connectivity index (χ3v) is 3.83.